The van der Waals surface area contributed by atoms with Crippen molar-refractivity contribution in [1.82, 2.24) is 5.32 Å². The molecule has 1 aliphatic carbocycles. The van der Waals surface area contributed by atoms with Crippen LogP contribution in [0.5, 0.6) is 0 Å². The molecule has 0 bridgehead atoms. The number of allylic oxidation sites excluding steroid dienone is 3. The molecule has 1 atom stereocenters. The Morgan fingerprint density at radius 1 is 1.02 bits per heavy atom. The van der Waals surface area contributed by atoms with Crippen LogP contribution in [0.25, 0.3) is 6.08 Å². The van der Waals surface area contributed by atoms with Crippen LogP contribution >= 0.6 is 0 Å². The lowest BCUT2D eigenvalue weighted by Gasteiger charge is -2.18. The number of rotatable bonds is 10. The molecular formula is C39H60N2O. The molecular weight excluding hydrogens is 512 g/mol. The van der Waals surface area contributed by atoms with Crippen LogP contribution in [0.2, 0.25) is 0 Å². The standard InChI is InChI=1S/C19H27NO.C9H13N.C8H14.C3H6/c1-7-16-9-10-17(12-14(4)19(21)20-6)18(15(16)5)11-8-13(2)3;1-3-8-4-6-9(10-2)7-5-8;1-2-8-6-4-3-5-7-8;1-3-2/h7,9-10,14H,1-2,8,11-12H2,3-6H3,(H,20,21);4-7,10H,3H2,1-2H3;2,8H,1,3-7H2;3H,1H2,2H3. The first kappa shape index (κ1) is 38.7. The molecule has 2 N–H and O–H groups in total. The lowest BCUT2D eigenvalue weighted by molar-refractivity contribution is -0.123. The fourth-order valence-corrected chi connectivity index (χ4v) is 4.88. The number of anilines is 1. The molecule has 0 spiro atoms. The van der Waals surface area contributed by atoms with Crippen LogP contribution < -0.4 is 10.6 Å². The Bertz CT molecular complexity index is 1050. The summed E-state index contributed by atoms with van der Waals surface area (Å²) in [5.74, 6) is 0.919. The van der Waals surface area contributed by atoms with Gasteiger partial charge in [-0.05, 0) is 105 Å². The second-order valence-corrected chi connectivity index (χ2v) is 11.1. The Balaban J connectivity index is 0.000000656. The van der Waals surface area contributed by atoms with Crippen LogP contribution in [0.3, 0.4) is 0 Å². The van der Waals surface area contributed by atoms with Crippen molar-refractivity contribution < 1.29 is 4.79 Å². The average molecular weight is 573 g/mol. The Morgan fingerprint density at radius 3 is 2.05 bits per heavy atom. The van der Waals surface area contributed by atoms with E-state index in [9.17, 15) is 4.79 Å². The number of benzene rings is 2. The van der Waals surface area contributed by atoms with Crippen molar-refractivity contribution in [1.29, 1.82) is 0 Å². The summed E-state index contributed by atoms with van der Waals surface area (Å²) in [6.07, 6.45) is 16.7. The smallest absolute Gasteiger partial charge is 0.222 e. The Morgan fingerprint density at radius 2 is 1.62 bits per heavy atom. The van der Waals surface area contributed by atoms with Gasteiger partial charge in [0, 0.05) is 25.7 Å². The van der Waals surface area contributed by atoms with Gasteiger partial charge in [-0.25, -0.2) is 0 Å². The molecule has 3 rings (SSSR count). The van der Waals surface area contributed by atoms with E-state index in [0.29, 0.717) is 0 Å². The molecule has 1 aliphatic rings. The molecule has 0 heterocycles. The highest BCUT2D eigenvalue weighted by atomic mass is 16.1. The van der Waals surface area contributed by atoms with Crippen molar-refractivity contribution in [2.75, 3.05) is 19.4 Å². The summed E-state index contributed by atoms with van der Waals surface area (Å²) in [6, 6.07) is 12.7. The SMILES string of the molecule is C=CC.C=CC1CCCCC1.C=Cc1ccc(CC(C)C(=O)NC)c(CCC(=C)C)c1C.CCc1ccc(NC)cc1. The maximum Gasteiger partial charge on any atom is 0.222 e. The minimum absolute atomic E-state index is 0.0208. The first-order valence-corrected chi connectivity index (χ1v) is 15.7. The zero-order chi connectivity index (χ0) is 31.9. The van der Waals surface area contributed by atoms with Crippen LogP contribution in [0.15, 0.2) is 80.4 Å². The molecule has 0 aliphatic heterocycles. The molecule has 0 aromatic heterocycles. The summed E-state index contributed by atoms with van der Waals surface area (Å²) in [5.41, 5.74) is 8.79. The normalized spacial score (nSPS) is 12.8. The van der Waals surface area contributed by atoms with E-state index in [0.717, 1.165) is 31.6 Å². The fraction of sp³-hybridized carbons (Fsp3) is 0.462. The van der Waals surface area contributed by atoms with Crippen molar-refractivity contribution >= 4 is 17.7 Å². The molecule has 2 aromatic carbocycles. The quantitative estimate of drug-likeness (QED) is 0.278. The fourth-order valence-electron chi connectivity index (χ4n) is 4.88. The van der Waals surface area contributed by atoms with E-state index in [4.69, 9.17) is 0 Å². The summed E-state index contributed by atoms with van der Waals surface area (Å²) >= 11 is 0. The summed E-state index contributed by atoms with van der Waals surface area (Å²) in [6.45, 7) is 25.2. The molecule has 232 valence electrons. The van der Waals surface area contributed by atoms with E-state index < -0.39 is 0 Å². The van der Waals surface area contributed by atoms with Gasteiger partial charge in [0.1, 0.15) is 0 Å². The van der Waals surface area contributed by atoms with E-state index in [1.165, 1.54) is 71.2 Å². The number of hydrogen-bond acceptors (Lipinski definition) is 2. The van der Waals surface area contributed by atoms with Gasteiger partial charge in [-0.2, -0.15) is 0 Å². The van der Waals surface area contributed by atoms with E-state index in [1.807, 2.05) is 27.0 Å². The monoisotopic (exact) mass is 572 g/mol. The molecule has 1 saturated carbocycles. The molecule has 3 heteroatoms. The van der Waals surface area contributed by atoms with Crippen molar-refractivity contribution in [3.8, 4) is 0 Å². The summed E-state index contributed by atoms with van der Waals surface area (Å²) in [4.78, 5) is 11.8. The van der Waals surface area contributed by atoms with Crippen molar-refractivity contribution in [2.45, 2.75) is 92.4 Å². The zero-order valence-corrected chi connectivity index (χ0v) is 28.0. The minimum atomic E-state index is -0.0208. The molecule has 0 saturated heterocycles. The zero-order valence-electron chi connectivity index (χ0n) is 28.0. The highest BCUT2D eigenvalue weighted by Crippen LogP contribution is 2.25. The number of carbonyl (C=O) groups is 1. The predicted molar refractivity (Wildman–Crippen MR) is 189 cm³/mol. The van der Waals surface area contributed by atoms with E-state index in [2.05, 4.69) is 100 Å². The lowest BCUT2D eigenvalue weighted by Crippen LogP contribution is -2.27. The molecule has 1 unspecified atom stereocenters. The lowest BCUT2D eigenvalue weighted by atomic mass is 9.88. The molecule has 1 amide bonds. The molecule has 2 aromatic rings. The van der Waals surface area contributed by atoms with Crippen molar-refractivity contribution in [3.05, 3.63) is 108 Å². The van der Waals surface area contributed by atoms with Gasteiger partial charge >= 0.3 is 0 Å². The Labute approximate surface area is 259 Å². The second kappa shape index (κ2) is 23.3. The van der Waals surface area contributed by atoms with Crippen LogP contribution in [0.4, 0.5) is 5.69 Å². The van der Waals surface area contributed by atoms with Gasteiger partial charge in [0.2, 0.25) is 5.91 Å². The minimum Gasteiger partial charge on any atom is -0.388 e. The Kier molecular flexibility index (Phi) is 21.4. The largest absolute Gasteiger partial charge is 0.388 e. The number of carbonyl (C=O) groups excluding carboxylic acids is 1. The first-order chi connectivity index (χ1) is 20.1. The number of nitrogens with one attached hydrogen (secondary N) is 2. The number of amides is 1. The van der Waals surface area contributed by atoms with Gasteiger partial charge in [0.05, 0.1) is 0 Å². The first-order valence-electron chi connectivity index (χ1n) is 15.7. The average Bonchev–Trinajstić information content (AvgIpc) is 3.01. The molecule has 0 radical (unpaired) electrons. The van der Waals surface area contributed by atoms with Gasteiger partial charge in [0.25, 0.3) is 0 Å². The van der Waals surface area contributed by atoms with Crippen LogP contribution in [0.1, 0.15) is 94.0 Å². The third kappa shape index (κ3) is 15.6. The third-order valence-corrected chi connectivity index (χ3v) is 7.61. The maximum absolute atomic E-state index is 11.8. The van der Waals surface area contributed by atoms with E-state index in [-0.39, 0.29) is 11.8 Å². The second-order valence-electron chi connectivity index (χ2n) is 11.1. The van der Waals surface area contributed by atoms with E-state index in [1.54, 1.807) is 13.1 Å². The third-order valence-electron chi connectivity index (χ3n) is 7.61. The van der Waals surface area contributed by atoms with Crippen LogP contribution in [-0.2, 0) is 24.1 Å². The number of hydrogen-bond donors (Lipinski definition) is 2. The molecule has 3 nitrogen and oxygen atoms in total. The maximum atomic E-state index is 11.8. The highest BCUT2D eigenvalue weighted by molar-refractivity contribution is 5.78. The van der Waals surface area contributed by atoms with Crippen LogP contribution in [-0.4, -0.2) is 20.0 Å². The van der Waals surface area contributed by atoms with Gasteiger partial charge in [-0.15, -0.1) is 19.7 Å². The van der Waals surface area contributed by atoms with Gasteiger partial charge in [-0.1, -0.05) is 87.8 Å². The van der Waals surface area contributed by atoms with Gasteiger partial charge < -0.3 is 10.6 Å². The topological polar surface area (TPSA) is 41.1 Å². The summed E-state index contributed by atoms with van der Waals surface area (Å²) in [5, 5.41) is 5.80. The van der Waals surface area contributed by atoms with Gasteiger partial charge in [0.15, 0.2) is 0 Å². The summed E-state index contributed by atoms with van der Waals surface area (Å²) in [7, 11) is 3.62. The molecule has 1 fully saturated rings. The number of aryl methyl sites for hydroxylation is 1. The van der Waals surface area contributed by atoms with Crippen molar-refractivity contribution in [3.63, 3.8) is 0 Å². The van der Waals surface area contributed by atoms with Crippen LogP contribution in [0, 0.1) is 18.8 Å². The Hall–Kier alpha value is -3.33. The summed E-state index contributed by atoms with van der Waals surface area (Å²) < 4.78 is 0. The highest BCUT2D eigenvalue weighted by Gasteiger charge is 2.16. The molecule has 42 heavy (non-hydrogen) atoms. The van der Waals surface area contributed by atoms with Crippen molar-refractivity contribution in [2.24, 2.45) is 11.8 Å². The van der Waals surface area contributed by atoms with Gasteiger partial charge in [-0.3, -0.25) is 4.79 Å². The van der Waals surface area contributed by atoms with E-state index >= 15 is 0 Å². The predicted octanol–water partition coefficient (Wildman–Crippen LogP) is 10.3.